The minimum Gasteiger partial charge on any atom is -0.406 e. The fourth-order valence-electron chi connectivity index (χ4n) is 2.84. The number of anilines is 1. The van der Waals surface area contributed by atoms with E-state index in [0.29, 0.717) is 0 Å². The van der Waals surface area contributed by atoms with Crippen molar-refractivity contribution in [3.8, 4) is 6.07 Å². The molecule has 4 atom stereocenters. The SMILES string of the molecule is [B]c1cc([C@]2(C#N)OC(C([B])([B])O)[C@@H](O)[C@H]2O)n2ncnc(N)c12. The minimum absolute atomic E-state index is 0.0232. The summed E-state index contributed by atoms with van der Waals surface area (Å²) >= 11 is 0. The van der Waals surface area contributed by atoms with Gasteiger partial charge in [0.05, 0.1) is 5.69 Å². The van der Waals surface area contributed by atoms with E-state index in [1.165, 1.54) is 6.07 Å². The Morgan fingerprint density at radius 3 is 2.67 bits per heavy atom. The van der Waals surface area contributed by atoms with Crippen LogP contribution in [0.25, 0.3) is 5.52 Å². The van der Waals surface area contributed by atoms with Crippen LogP contribution in [0.15, 0.2) is 12.4 Å². The zero-order valence-corrected chi connectivity index (χ0v) is 12.2. The van der Waals surface area contributed by atoms with Gasteiger partial charge in [0.1, 0.15) is 59.8 Å². The summed E-state index contributed by atoms with van der Waals surface area (Å²) in [7, 11) is 16.6. The highest BCUT2D eigenvalue weighted by molar-refractivity contribution is 6.39. The van der Waals surface area contributed by atoms with Crippen molar-refractivity contribution in [3.05, 3.63) is 18.1 Å². The second kappa shape index (κ2) is 5.22. The van der Waals surface area contributed by atoms with E-state index in [0.717, 1.165) is 10.8 Å². The molecule has 2 aromatic heterocycles. The van der Waals surface area contributed by atoms with Crippen LogP contribution in [0.3, 0.4) is 0 Å². The van der Waals surface area contributed by atoms with Crippen LogP contribution >= 0.6 is 0 Å². The number of nitrogen functional groups attached to an aromatic ring is 1. The van der Waals surface area contributed by atoms with Crippen molar-refractivity contribution < 1.29 is 20.1 Å². The van der Waals surface area contributed by atoms with Gasteiger partial charge in [0.2, 0.25) is 5.60 Å². The highest BCUT2D eigenvalue weighted by atomic mass is 16.6. The van der Waals surface area contributed by atoms with Gasteiger partial charge in [-0.15, -0.1) is 0 Å². The molecule has 2 aromatic rings. The molecule has 1 unspecified atom stereocenters. The van der Waals surface area contributed by atoms with Gasteiger partial charge in [-0.3, -0.25) is 0 Å². The second-order valence-electron chi connectivity index (χ2n) is 5.60. The third-order valence-electron chi connectivity index (χ3n) is 3.98. The number of hydrogen-bond acceptors (Lipinski definition) is 8. The van der Waals surface area contributed by atoms with E-state index >= 15 is 0 Å². The number of nitrogens with zero attached hydrogens (tertiary/aromatic N) is 4. The molecule has 3 rings (SSSR count). The maximum absolute atomic E-state index is 10.4. The van der Waals surface area contributed by atoms with E-state index in [1.807, 2.05) is 0 Å². The summed E-state index contributed by atoms with van der Waals surface area (Å²) in [6.07, 6.45) is -4.05. The number of aliphatic hydroxyl groups excluding tert-OH is 2. The molecule has 0 amide bonds. The molecule has 6 radical (unpaired) electrons. The Balaban J connectivity index is 2.24. The van der Waals surface area contributed by atoms with Gasteiger partial charge in [-0.1, -0.05) is 5.46 Å². The summed E-state index contributed by atoms with van der Waals surface area (Å²) < 4.78 is 6.55. The smallest absolute Gasteiger partial charge is 0.225 e. The zero-order valence-electron chi connectivity index (χ0n) is 12.2. The molecule has 0 spiro atoms. The second-order valence-corrected chi connectivity index (χ2v) is 5.60. The number of ether oxygens (including phenoxy) is 1. The van der Waals surface area contributed by atoms with Crippen LogP contribution in [-0.4, -0.2) is 77.2 Å². The monoisotopic (exact) mass is 321 g/mol. The molecule has 5 N–H and O–H groups in total. The fourth-order valence-corrected chi connectivity index (χ4v) is 2.84. The van der Waals surface area contributed by atoms with E-state index in [2.05, 4.69) is 10.1 Å². The lowest BCUT2D eigenvalue weighted by Crippen LogP contribution is -2.50. The van der Waals surface area contributed by atoms with Crippen molar-refractivity contribution in [1.29, 1.82) is 5.26 Å². The first-order chi connectivity index (χ1) is 11.1. The molecule has 116 valence electrons. The van der Waals surface area contributed by atoms with Gasteiger partial charge in [0, 0.05) is 5.40 Å². The van der Waals surface area contributed by atoms with Crippen LogP contribution in [0.5, 0.6) is 0 Å². The van der Waals surface area contributed by atoms with Gasteiger partial charge in [-0.05, 0) is 6.07 Å². The average molecular weight is 321 g/mol. The molecule has 12 heteroatoms. The quantitative estimate of drug-likeness (QED) is 0.408. The van der Waals surface area contributed by atoms with Gasteiger partial charge >= 0.3 is 0 Å². The van der Waals surface area contributed by atoms with Crippen molar-refractivity contribution in [2.75, 3.05) is 5.73 Å². The molecule has 24 heavy (non-hydrogen) atoms. The highest BCUT2D eigenvalue weighted by Crippen LogP contribution is 2.41. The lowest BCUT2D eigenvalue weighted by molar-refractivity contribution is -0.0843. The molecule has 3 heterocycles. The van der Waals surface area contributed by atoms with Gasteiger partial charge in [-0.2, -0.15) is 10.4 Å². The Morgan fingerprint density at radius 2 is 2.12 bits per heavy atom. The first kappa shape index (κ1) is 16.8. The molecule has 1 aliphatic heterocycles. The van der Waals surface area contributed by atoms with Crippen molar-refractivity contribution >= 4 is 40.3 Å². The highest BCUT2D eigenvalue weighted by Gasteiger charge is 2.60. The van der Waals surface area contributed by atoms with Gasteiger partial charge < -0.3 is 25.8 Å². The molecule has 0 aliphatic carbocycles. The number of hydrogen-bond donors (Lipinski definition) is 4. The van der Waals surface area contributed by atoms with Crippen LogP contribution in [0.2, 0.25) is 0 Å². The Kier molecular flexibility index (Phi) is 3.65. The molecule has 0 saturated carbocycles. The van der Waals surface area contributed by atoms with Gasteiger partial charge in [0.25, 0.3) is 0 Å². The number of nitrogens with two attached hydrogens (primary N) is 1. The summed E-state index contributed by atoms with van der Waals surface area (Å²) in [5.74, 6) is 0.0422. The summed E-state index contributed by atoms with van der Waals surface area (Å²) in [6, 6.07) is 3.07. The number of nitriles is 1. The van der Waals surface area contributed by atoms with Crippen molar-refractivity contribution in [2.45, 2.75) is 29.3 Å². The average Bonchev–Trinajstić information content (AvgIpc) is 2.97. The maximum Gasteiger partial charge on any atom is 0.225 e. The molecule has 1 saturated heterocycles. The van der Waals surface area contributed by atoms with Crippen LogP contribution < -0.4 is 11.2 Å². The van der Waals surface area contributed by atoms with E-state index in [4.69, 9.17) is 34.0 Å². The van der Waals surface area contributed by atoms with Gasteiger partial charge in [-0.25, -0.2) is 9.50 Å². The molecular weight excluding hydrogens is 311 g/mol. The third kappa shape index (κ3) is 2.13. The summed E-state index contributed by atoms with van der Waals surface area (Å²) in [5, 5.41) is 41.3. The normalized spacial score (nSPS) is 30.5. The lowest BCUT2D eigenvalue weighted by Gasteiger charge is -2.29. The van der Waals surface area contributed by atoms with E-state index in [9.17, 15) is 20.6 Å². The molecular formula is C12H10B3N5O4. The van der Waals surface area contributed by atoms with Crippen LogP contribution in [0, 0.1) is 11.3 Å². The Morgan fingerprint density at radius 1 is 1.46 bits per heavy atom. The van der Waals surface area contributed by atoms with E-state index in [-0.39, 0.29) is 22.5 Å². The fraction of sp³-hybridized carbons (Fsp3) is 0.417. The number of aliphatic hydroxyl groups is 3. The number of fused-ring (bicyclic) bond motifs is 1. The maximum atomic E-state index is 10.4. The molecule has 1 aliphatic rings. The Hall–Kier alpha value is -2.06. The van der Waals surface area contributed by atoms with Crippen LogP contribution in [0.4, 0.5) is 5.82 Å². The van der Waals surface area contributed by atoms with Crippen LogP contribution in [-0.2, 0) is 10.3 Å². The predicted molar refractivity (Wildman–Crippen MR) is 83.4 cm³/mol. The summed E-state index contributed by atoms with van der Waals surface area (Å²) in [4.78, 5) is 3.80. The Bertz CT molecular complexity index is 848. The predicted octanol–water partition coefficient (Wildman–Crippen LogP) is -4.07. The Labute approximate surface area is 140 Å². The lowest BCUT2D eigenvalue weighted by atomic mass is 9.61. The molecule has 9 nitrogen and oxygen atoms in total. The van der Waals surface area contributed by atoms with E-state index < -0.39 is 29.3 Å². The molecule has 1 fully saturated rings. The zero-order chi connectivity index (χ0) is 17.9. The number of aromatic nitrogens is 3. The van der Waals surface area contributed by atoms with Crippen LogP contribution in [0.1, 0.15) is 5.69 Å². The summed E-state index contributed by atoms with van der Waals surface area (Å²) in [5.41, 5.74) is 3.91. The molecule has 0 aromatic carbocycles. The van der Waals surface area contributed by atoms with Gasteiger partial charge in [0.15, 0.2) is 5.82 Å². The largest absolute Gasteiger partial charge is 0.406 e. The first-order valence-corrected chi connectivity index (χ1v) is 6.77. The number of rotatable bonds is 2. The minimum atomic E-state index is -2.49. The van der Waals surface area contributed by atoms with Crippen molar-refractivity contribution in [3.63, 3.8) is 0 Å². The van der Waals surface area contributed by atoms with Crippen molar-refractivity contribution in [1.82, 2.24) is 14.6 Å². The molecule has 0 bridgehead atoms. The summed E-state index contributed by atoms with van der Waals surface area (Å²) in [6.45, 7) is 0. The topological polar surface area (TPSA) is 150 Å². The van der Waals surface area contributed by atoms with E-state index in [1.54, 1.807) is 6.07 Å². The van der Waals surface area contributed by atoms with Crippen molar-refractivity contribution in [2.24, 2.45) is 0 Å². The standard InChI is InChI=1S/C12H10B3N5O4/c13-4-1-5(20-6(4)10(17)18-3-19-20)11(2-16)8(22)7(21)9(24-11)12(14,15)23/h1,3,7-9,21-23H,(H2,17,18,19)/t7-,8+,9?,11-/m0/s1. The third-order valence-corrected chi connectivity index (χ3v) is 3.98. The first-order valence-electron chi connectivity index (χ1n) is 6.77.